The van der Waals surface area contributed by atoms with Crippen molar-refractivity contribution in [3.8, 4) is 0 Å². The standard InChI is InChI=1S/C17H10B3ClFNO5S/c18-16(10-7-4-8-11(21)12(10)22)14(24)13(15(23)27-16)28-29(25,26)17(19,20)9-5-2-1-3-6-9/h1-8H,23H2/t16-/m0/s1. The Labute approximate surface area is 175 Å². The summed E-state index contributed by atoms with van der Waals surface area (Å²) in [5.74, 6) is -4.07. The van der Waals surface area contributed by atoms with Gasteiger partial charge in [-0.1, -0.05) is 54.1 Å². The molecule has 1 atom stereocenters. The van der Waals surface area contributed by atoms with Crippen LogP contribution in [0.3, 0.4) is 0 Å². The molecule has 2 aromatic rings. The van der Waals surface area contributed by atoms with Crippen LogP contribution in [0.25, 0.3) is 0 Å². The minimum atomic E-state index is -4.87. The highest BCUT2D eigenvalue weighted by Crippen LogP contribution is 2.39. The van der Waals surface area contributed by atoms with Gasteiger partial charge in [0.15, 0.2) is 13.3 Å². The summed E-state index contributed by atoms with van der Waals surface area (Å²) in [6.07, 6.45) is 0. The van der Waals surface area contributed by atoms with Crippen molar-refractivity contribution in [1.29, 1.82) is 0 Å². The van der Waals surface area contributed by atoms with E-state index in [0.717, 1.165) is 6.07 Å². The maximum absolute atomic E-state index is 14.4. The molecule has 0 unspecified atom stereocenters. The average molecular weight is 427 g/mol. The lowest BCUT2D eigenvalue weighted by atomic mass is 9.65. The Morgan fingerprint density at radius 1 is 1.14 bits per heavy atom. The average Bonchev–Trinajstić information content (AvgIpc) is 2.88. The van der Waals surface area contributed by atoms with Gasteiger partial charge in [-0.15, -0.1) is 0 Å². The molecule has 6 radical (unpaired) electrons. The maximum atomic E-state index is 14.4. The van der Waals surface area contributed by atoms with Crippen molar-refractivity contribution < 1.29 is 26.5 Å². The fraction of sp³-hybridized carbons (Fsp3) is 0.118. The molecule has 2 N–H and O–H groups in total. The molecule has 29 heavy (non-hydrogen) atoms. The van der Waals surface area contributed by atoms with Crippen LogP contribution in [-0.4, -0.2) is 37.7 Å². The van der Waals surface area contributed by atoms with Gasteiger partial charge in [-0.3, -0.25) is 4.79 Å². The van der Waals surface area contributed by atoms with Crippen molar-refractivity contribution in [2.24, 2.45) is 5.73 Å². The van der Waals surface area contributed by atoms with Crippen LogP contribution in [-0.2, 0) is 33.9 Å². The number of hydrogen-bond donors (Lipinski definition) is 1. The SMILES string of the molecule is [B]C([B])(c1ccccc1)S(=O)(=O)OC1=C(N)O[C@@]([B])(c2cccc(Cl)c2F)C1=O. The second kappa shape index (κ2) is 7.14. The van der Waals surface area contributed by atoms with Crippen molar-refractivity contribution in [3.63, 3.8) is 0 Å². The molecular formula is C17H10B3ClFNO5S. The summed E-state index contributed by atoms with van der Waals surface area (Å²) < 4.78 is 47.0. The van der Waals surface area contributed by atoms with Crippen LogP contribution >= 0.6 is 11.6 Å². The smallest absolute Gasteiger partial charge is 0.302 e. The molecule has 142 valence electrons. The van der Waals surface area contributed by atoms with Crippen LogP contribution in [0.1, 0.15) is 11.1 Å². The van der Waals surface area contributed by atoms with E-state index in [2.05, 4.69) is 0 Å². The van der Waals surface area contributed by atoms with Crippen LogP contribution in [0.5, 0.6) is 0 Å². The highest BCUT2D eigenvalue weighted by Gasteiger charge is 2.51. The highest BCUT2D eigenvalue weighted by molar-refractivity contribution is 7.90. The van der Waals surface area contributed by atoms with Gasteiger partial charge in [0.1, 0.15) is 5.82 Å². The molecule has 6 nitrogen and oxygen atoms in total. The maximum Gasteiger partial charge on any atom is 0.302 e. The molecule has 1 heterocycles. The number of nitrogens with two attached hydrogens (primary N) is 1. The minimum absolute atomic E-state index is 0.0227. The van der Waals surface area contributed by atoms with Gasteiger partial charge < -0.3 is 14.7 Å². The molecule has 0 spiro atoms. The highest BCUT2D eigenvalue weighted by atomic mass is 35.5. The van der Waals surface area contributed by atoms with Crippen molar-refractivity contribution in [1.82, 2.24) is 0 Å². The Hall–Kier alpha value is -2.39. The number of hydrogen-bond acceptors (Lipinski definition) is 6. The molecule has 1 aliphatic heterocycles. The summed E-state index contributed by atoms with van der Waals surface area (Å²) in [5, 5.41) is -0.337. The van der Waals surface area contributed by atoms with Gasteiger partial charge in [-0.2, -0.15) is 8.42 Å². The van der Waals surface area contributed by atoms with Gasteiger partial charge in [0.2, 0.25) is 17.4 Å². The molecule has 12 heteroatoms. The number of rotatable bonds is 5. The van der Waals surface area contributed by atoms with Crippen LogP contribution in [0.2, 0.25) is 5.02 Å². The lowest BCUT2D eigenvalue weighted by molar-refractivity contribution is -0.126. The number of carbonyl (C=O) groups excluding carboxylic acids is 1. The molecule has 0 saturated carbocycles. The lowest BCUT2D eigenvalue weighted by Gasteiger charge is -2.26. The Morgan fingerprint density at radius 2 is 1.76 bits per heavy atom. The number of benzene rings is 2. The number of halogens is 2. The van der Waals surface area contributed by atoms with Crippen molar-refractivity contribution in [3.05, 3.63) is 82.1 Å². The summed E-state index contributed by atoms with van der Waals surface area (Å²) in [6, 6.07) is 11.0. The largest absolute Gasteiger partial charge is 0.467 e. The predicted octanol–water partition coefficient (Wildman–Crippen LogP) is 1.02. The lowest BCUT2D eigenvalue weighted by Crippen LogP contribution is -2.40. The Balaban J connectivity index is 1.97. The first kappa shape index (κ1) is 21.3. The summed E-state index contributed by atoms with van der Waals surface area (Å²) in [6.45, 7) is 0. The topological polar surface area (TPSA) is 95.7 Å². The van der Waals surface area contributed by atoms with Gasteiger partial charge in [-0.25, -0.2) is 4.39 Å². The van der Waals surface area contributed by atoms with Crippen molar-refractivity contribution in [2.45, 2.75) is 10.0 Å². The fourth-order valence-electron chi connectivity index (χ4n) is 2.62. The molecule has 2 aromatic carbocycles. The third kappa shape index (κ3) is 3.42. The van der Waals surface area contributed by atoms with E-state index in [-0.39, 0.29) is 10.6 Å². The molecule has 0 saturated heterocycles. The van der Waals surface area contributed by atoms with Crippen molar-refractivity contribution in [2.75, 3.05) is 0 Å². The Bertz CT molecular complexity index is 1130. The molecule has 0 fully saturated rings. The van der Waals surface area contributed by atoms with Gasteiger partial charge in [0.25, 0.3) is 0 Å². The van der Waals surface area contributed by atoms with Crippen LogP contribution in [0.4, 0.5) is 4.39 Å². The first-order valence-electron chi connectivity index (χ1n) is 7.96. The van der Waals surface area contributed by atoms with E-state index in [0.29, 0.717) is 0 Å². The first-order valence-corrected chi connectivity index (χ1v) is 9.74. The van der Waals surface area contributed by atoms with Gasteiger partial charge in [-0.05, 0) is 11.6 Å². The quantitative estimate of drug-likeness (QED) is 0.566. The first-order chi connectivity index (χ1) is 13.4. The van der Waals surface area contributed by atoms with Gasteiger partial charge in [0.05, 0.1) is 25.3 Å². The molecular weight excluding hydrogens is 417 g/mol. The normalized spacial score (nSPS) is 19.9. The minimum Gasteiger partial charge on any atom is -0.467 e. The molecule has 3 rings (SSSR count). The number of carbonyl (C=O) groups is 1. The molecule has 0 aromatic heterocycles. The Morgan fingerprint density at radius 3 is 2.38 bits per heavy atom. The zero-order valence-electron chi connectivity index (χ0n) is 14.6. The zero-order chi connectivity index (χ0) is 21.6. The molecule has 1 aliphatic rings. The summed E-state index contributed by atoms with van der Waals surface area (Å²) in [5.41, 5.74) is 2.60. The third-order valence-electron chi connectivity index (χ3n) is 4.22. The number of ether oxygens (including phenoxy) is 1. The van der Waals surface area contributed by atoms with Crippen LogP contribution in [0.15, 0.2) is 60.2 Å². The number of Topliss-reactive ketones (excluding diaryl/α,β-unsaturated/α-hetero) is 1. The summed E-state index contributed by atoms with van der Waals surface area (Å²) in [7, 11) is 12.5. The fourth-order valence-corrected chi connectivity index (χ4v) is 3.73. The second-order valence-corrected chi connectivity index (χ2v) is 8.32. The molecule has 0 aliphatic carbocycles. The monoisotopic (exact) mass is 427 g/mol. The third-order valence-corrected chi connectivity index (χ3v) is 5.96. The molecule has 0 amide bonds. The second-order valence-electron chi connectivity index (χ2n) is 6.16. The number of ketones is 1. The molecule has 0 bridgehead atoms. The van der Waals surface area contributed by atoms with Crippen LogP contribution < -0.4 is 5.73 Å². The van der Waals surface area contributed by atoms with E-state index in [1.165, 1.54) is 36.4 Å². The van der Waals surface area contributed by atoms with E-state index in [4.69, 9.17) is 49.8 Å². The van der Waals surface area contributed by atoms with E-state index in [9.17, 15) is 17.6 Å². The van der Waals surface area contributed by atoms with E-state index in [1.807, 2.05) is 0 Å². The van der Waals surface area contributed by atoms with E-state index < -0.39 is 49.0 Å². The zero-order valence-corrected chi connectivity index (χ0v) is 16.2. The van der Waals surface area contributed by atoms with Gasteiger partial charge in [0, 0.05) is 5.56 Å². The summed E-state index contributed by atoms with van der Waals surface area (Å²) in [4.78, 5) is 12.8. The van der Waals surface area contributed by atoms with E-state index in [1.54, 1.807) is 6.07 Å². The van der Waals surface area contributed by atoms with Crippen molar-refractivity contribution >= 4 is 51.0 Å². The Kier molecular flexibility index (Phi) is 5.25. The summed E-state index contributed by atoms with van der Waals surface area (Å²) >= 11 is 5.71. The predicted molar refractivity (Wildman–Crippen MR) is 106 cm³/mol. The van der Waals surface area contributed by atoms with Crippen LogP contribution in [0, 0.1) is 5.82 Å². The van der Waals surface area contributed by atoms with Gasteiger partial charge >= 0.3 is 10.1 Å². The van der Waals surface area contributed by atoms with E-state index >= 15 is 0 Å².